The lowest BCUT2D eigenvalue weighted by atomic mass is 10.2. The van der Waals surface area contributed by atoms with Crippen molar-refractivity contribution in [2.24, 2.45) is 0 Å². The molecule has 1 aromatic rings. The highest BCUT2D eigenvalue weighted by Crippen LogP contribution is 2.26. The Morgan fingerprint density at radius 3 is 2.53 bits per heavy atom. The molecule has 17 heavy (non-hydrogen) atoms. The number of piperazine rings is 1. The molecule has 0 aromatic carbocycles. The molecule has 0 radical (unpaired) electrons. The molecular weight excluding hydrogens is 259 g/mol. The third-order valence-corrected chi connectivity index (χ3v) is 3.41. The number of halogens is 2. The maximum absolute atomic E-state index is 6.04. The fourth-order valence-corrected chi connectivity index (χ4v) is 2.45. The third-order valence-electron chi connectivity index (χ3n) is 2.95. The molecule has 0 N–H and O–H groups in total. The number of aromatic nitrogens is 2. The number of rotatable bonds is 3. The van der Waals surface area contributed by atoms with E-state index in [-0.39, 0.29) is 0 Å². The lowest BCUT2D eigenvalue weighted by Crippen LogP contribution is -2.46. The topological polar surface area (TPSA) is 32.3 Å². The smallest absolute Gasteiger partial charge is 0.175 e. The Hall–Kier alpha value is -0.580. The second kappa shape index (κ2) is 5.85. The van der Waals surface area contributed by atoms with Crippen LogP contribution in [0.1, 0.15) is 13.3 Å². The Morgan fingerprint density at radius 2 is 1.88 bits per heavy atom. The van der Waals surface area contributed by atoms with Crippen LogP contribution in [0.25, 0.3) is 0 Å². The second-order valence-corrected chi connectivity index (χ2v) is 4.92. The average Bonchev–Trinajstić information content (AvgIpc) is 2.34. The summed E-state index contributed by atoms with van der Waals surface area (Å²) in [6, 6.07) is 1.78. The van der Waals surface area contributed by atoms with Crippen LogP contribution in [0.2, 0.25) is 10.3 Å². The van der Waals surface area contributed by atoms with Gasteiger partial charge < -0.3 is 4.90 Å². The molecule has 0 atom stereocenters. The normalized spacial score (nSPS) is 17.5. The fourth-order valence-electron chi connectivity index (χ4n) is 2.09. The standard InChI is InChI=1S/C11H16Cl2N4/c1-2-3-16-4-6-17(7-5-16)9-8-10(12)14-15-11(9)13/h8H,2-7H2,1H3. The molecule has 1 aliphatic heterocycles. The predicted molar refractivity (Wildman–Crippen MR) is 71.0 cm³/mol. The molecule has 0 saturated carbocycles. The van der Waals surface area contributed by atoms with Gasteiger partial charge in [0.25, 0.3) is 0 Å². The monoisotopic (exact) mass is 274 g/mol. The maximum atomic E-state index is 6.04. The number of hydrogen-bond acceptors (Lipinski definition) is 4. The van der Waals surface area contributed by atoms with Gasteiger partial charge in [0.15, 0.2) is 10.3 Å². The minimum absolute atomic E-state index is 0.389. The highest BCUT2D eigenvalue weighted by Gasteiger charge is 2.19. The lowest BCUT2D eigenvalue weighted by Gasteiger charge is -2.35. The van der Waals surface area contributed by atoms with E-state index in [1.54, 1.807) is 6.07 Å². The molecule has 1 fully saturated rings. The van der Waals surface area contributed by atoms with E-state index in [1.165, 1.54) is 6.42 Å². The SMILES string of the molecule is CCCN1CCN(c2cc(Cl)nnc2Cl)CC1. The first-order chi connectivity index (χ1) is 8.20. The zero-order valence-electron chi connectivity index (χ0n) is 9.86. The Bertz CT molecular complexity index is 378. The number of nitrogens with zero attached hydrogens (tertiary/aromatic N) is 4. The van der Waals surface area contributed by atoms with E-state index in [9.17, 15) is 0 Å². The fraction of sp³-hybridized carbons (Fsp3) is 0.636. The van der Waals surface area contributed by atoms with Crippen molar-refractivity contribution in [3.05, 3.63) is 16.4 Å². The highest BCUT2D eigenvalue weighted by molar-refractivity contribution is 6.33. The van der Waals surface area contributed by atoms with Crippen LogP contribution in [0.4, 0.5) is 5.69 Å². The molecule has 1 aromatic heterocycles. The summed E-state index contributed by atoms with van der Waals surface area (Å²) in [4.78, 5) is 4.68. The Labute approximate surface area is 112 Å². The summed E-state index contributed by atoms with van der Waals surface area (Å²) in [5, 5.41) is 8.38. The Balaban J connectivity index is 2.02. The van der Waals surface area contributed by atoms with E-state index in [1.807, 2.05) is 0 Å². The molecule has 2 rings (SSSR count). The van der Waals surface area contributed by atoms with Gasteiger partial charge in [-0.25, -0.2) is 0 Å². The molecule has 0 aliphatic carbocycles. The molecule has 2 heterocycles. The first kappa shape index (κ1) is 12.9. The van der Waals surface area contributed by atoms with Crippen LogP contribution < -0.4 is 4.90 Å². The Kier molecular flexibility index (Phi) is 4.42. The van der Waals surface area contributed by atoms with E-state index in [0.717, 1.165) is 38.4 Å². The average molecular weight is 275 g/mol. The molecule has 0 amide bonds. The van der Waals surface area contributed by atoms with Crippen LogP contribution >= 0.6 is 23.2 Å². The van der Waals surface area contributed by atoms with Crippen molar-refractivity contribution >= 4 is 28.9 Å². The summed E-state index contributed by atoms with van der Waals surface area (Å²) in [6.45, 7) is 7.41. The van der Waals surface area contributed by atoms with E-state index in [4.69, 9.17) is 23.2 Å². The quantitative estimate of drug-likeness (QED) is 0.847. The summed E-state index contributed by atoms with van der Waals surface area (Å²) in [7, 11) is 0. The molecule has 94 valence electrons. The van der Waals surface area contributed by atoms with Crippen molar-refractivity contribution in [2.75, 3.05) is 37.6 Å². The molecular formula is C11H16Cl2N4. The van der Waals surface area contributed by atoms with Crippen LogP contribution in [-0.2, 0) is 0 Å². The van der Waals surface area contributed by atoms with Crippen LogP contribution in [0.15, 0.2) is 6.07 Å². The van der Waals surface area contributed by atoms with Crippen molar-refractivity contribution in [3.63, 3.8) is 0 Å². The minimum atomic E-state index is 0.389. The second-order valence-electron chi connectivity index (χ2n) is 4.17. The van der Waals surface area contributed by atoms with Gasteiger partial charge >= 0.3 is 0 Å². The van der Waals surface area contributed by atoms with E-state index < -0.39 is 0 Å². The maximum Gasteiger partial charge on any atom is 0.175 e. The summed E-state index contributed by atoms with van der Waals surface area (Å²) >= 11 is 11.9. The third kappa shape index (κ3) is 3.21. The predicted octanol–water partition coefficient (Wildman–Crippen LogP) is 2.32. The first-order valence-corrected chi connectivity index (χ1v) is 6.62. The van der Waals surface area contributed by atoms with Crippen LogP contribution in [-0.4, -0.2) is 47.8 Å². The van der Waals surface area contributed by atoms with Gasteiger partial charge in [-0.15, -0.1) is 10.2 Å². The number of anilines is 1. The van der Waals surface area contributed by atoms with Gasteiger partial charge in [0.05, 0.1) is 5.69 Å². The lowest BCUT2D eigenvalue weighted by molar-refractivity contribution is 0.258. The van der Waals surface area contributed by atoms with Gasteiger partial charge in [0, 0.05) is 32.2 Å². The van der Waals surface area contributed by atoms with Crippen molar-refractivity contribution in [3.8, 4) is 0 Å². The van der Waals surface area contributed by atoms with Gasteiger partial charge in [0.1, 0.15) is 0 Å². The zero-order chi connectivity index (χ0) is 12.3. The Morgan fingerprint density at radius 1 is 1.18 bits per heavy atom. The van der Waals surface area contributed by atoms with E-state index in [2.05, 4.69) is 26.9 Å². The first-order valence-electron chi connectivity index (χ1n) is 5.86. The van der Waals surface area contributed by atoms with Crippen LogP contribution in [0.3, 0.4) is 0 Å². The summed E-state index contributed by atoms with van der Waals surface area (Å²) in [5.74, 6) is 0. The molecule has 0 spiro atoms. The highest BCUT2D eigenvalue weighted by atomic mass is 35.5. The van der Waals surface area contributed by atoms with Crippen molar-refractivity contribution in [1.82, 2.24) is 15.1 Å². The van der Waals surface area contributed by atoms with Gasteiger partial charge in [-0.3, -0.25) is 4.90 Å². The molecule has 0 unspecified atom stereocenters. The van der Waals surface area contributed by atoms with Gasteiger partial charge in [0.2, 0.25) is 0 Å². The van der Waals surface area contributed by atoms with E-state index in [0.29, 0.717) is 10.3 Å². The van der Waals surface area contributed by atoms with Crippen LogP contribution in [0.5, 0.6) is 0 Å². The van der Waals surface area contributed by atoms with Crippen molar-refractivity contribution < 1.29 is 0 Å². The summed E-state index contributed by atoms with van der Waals surface area (Å²) in [6.07, 6.45) is 1.20. The molecule has 0 bridgehead atoms. The van der Waals surface area contributed by atoms with Crippen molar-refractivity contribution in [1.29, 1.82) is 0 Å². The van der Waals surface area contributed by atoms with Gasteiger partial charge in [-0.05, 0) is 13.0 Å². The van der Waals surface area contributed by atoms with E-state index >= 15 is 0 Å². The molecule has 1 saturated heterocycles. The summed E-state index contributed by atoms with van der Waals surface area (Å²) in [5.41, 5.74) is 0.891. The van der Waals surface area contributed by atoms with Gasteiger partial charge in [-0.2, -0.15) is 0 Å². The van der Waals surface area contributed by atoms with Crippen molar-refractivity contribution in [2.45, 2.75) is 13.3 Å². The number of hydrogen-bond donors (Lipinski definition) is 0. The zero-order valence-corrected chi connectivity index (χ0v) is 11.4. The molecule has 1 aliphatic rings. The minimum Gasteiger partial charge on any atom is -0.366 e. The molecule has 6 heteroatoms. The summed E-state index contributed by atoms with van der Waals surface area (Å²) < 4.78 is 0. The molecule has 4 nitrogen and oxygen atoms in total. The largest absolute Gasteiger partial charge is 0.366 e. The van der Waals surface area contributed by atoms with Crippen LogP contribution in [0, 0.1) is 0 Å². The van der Waals surface area contributed by atoms with Gasteiger partial charge in [-0.1, -0.05) is 30.1 Å².